The Kier molecular flexibility index (Phi) is 7.40. The van der Waals surface area contributed by atoms with Gasteiger partial charge >= 0.3 is 5.97 Å². The summed E-state index contributed by atoms with van der Waals surface area (Å²) in [6.45, 7) is 0.155. The van der Waals surface area contributed by atoms with E-state index >= 15 is 0 Å². The number of likely N-dealkylation sites (N-methyl/N-ethyl adjacent to an activating group) is 1. The maximum absolute atomic E-state index is 12.1. The highest BCUT2D eigenvalue weighted by atomic mass is 79.9. The van der Waals surface area contributed by atoms with Crippen molar-refractivity contribution in [2.75, 3.05) is 20.2 Å². The van der Waals surface area contributed by atoms with Gasteiger partial charge in [-0.05, 0) is 23.8 Å². The highest BCUT2D eigenvalue weighted by molar-refractivity contribution is 9.10. The molecule has 0 aliphatic rings. The monoisotopic (exact) mass is 422 g/mol. The van der Waals surface area contributed by atoms with Gasteiger partial charge in [-0.25, -0.2) is 0 Å². The predicted molar refractivity (Wildman–Crippen MR) is 97.2 cm³/mol. The third-order valence-corrected chi connectivity index (χ3v) is 4.28. The number of halogens is 1. The van der Waals surface area contributed by atoms with Gasteiger partial charge in [0.25, 0.3) is 11.8 Å². The Balaban J connectivity index is 1.67. The number of amides is 2. The zero-order chi connectivity index (χ0) is 18.9. The second-order valence-electron chi connectivity index (χ2n) is 5.49. The van der Waals surface area contributed by atoms with Crippen molar-refractivity contribution in [1.29, 1.82) is 0 Å². The standard InChI is InChI=1S/C18H19BrN2O5/c1-21(11-13-5-2-3-6-14(13)19)16(22)12-26-17(23)8-9-20-18(24)15-7-4-10-25-15/h2-7,10H,8-9,11-12H2,1H3,(H,20,24). The number of hydrogen-bond donors (Lipinski definition) is 1. The van der Waals surface area contributed by atoms with Gasteiger partial charge in [0.2, 0.25) is 0 Å². The lowest BCUT2D eigenvalue weighted by atomic mass is 10.2. The molecule has 0 saturated heterocycles. The minimum atomic E-state index is -0.563. The number of esters is 1. The predicted octanol–water partition coefficient (Wildman–Crippen LogP) is 2.36. The van der Waals surface area contributed by atoms with E-state index in [1.807, 2.05) is 24.3 Å². The molecule has 0 atom stereocenters. The Morgan fingerprint density at radius 2 is 1.96 bits per heavy atom. The van der Waals surface area contributed by atoms with Crippen molar-refractivity contribution in [2.24, 2.45) is 0 Å². The number of benzene rings is 1. The van der Waals surface area contributed by atoms with E-state index in [0.29, 0.717) is 6.54 Å². The van der Waals surface area contributed by atoms with Crippen molar-refractivity contribution in [3.8, 4) is 0 Å². The lowest BCUT2D eigenvalue weighted by Crippen LogP contribution is -2.31. The van der Waals surface area contributed by atoms with Crippen LogP contribution in [0.5, 0.6) is 0 Å². The number of carbonyl (C=O) groups is 3. The van der Waals surface area contributed by atoms with E-state index in [1.165, 1.54) is 17.2 Å². The van der Waals surface area contributed by atoms with Gasteiger partial charge in [-0.1, -0.05) is 34.1 Å². The fourth-order valence-electron chi connectivity index (χ4n) is 2.07. The second kappa shape index (κ2) is 9.76. The molecule has 1 aromatic carbocycles. The highest BCUT2D eigenvalue weighted by Gasteiger charge is 2.14. The van der Waals surface area contributed by atoms with Crippen molar-refractivity contribution in [3.05, 3.63) is 58.5 Å². The molecule has 0 saturated carbocycles. The van der Waals surface area contributed by atoms with E-state index in [4.69, 9.17) is 9.15 Å². The summed E-state index contributed by atoms with van der Waals surface area (Å²) in [7, 11) is 1.64. The molecular formula is C18H19BrN2O5. The first-order chi connectivity index (χ1) is 12.5. The topological polar surface area (TPSA) is 88.9 Å². The molecular weight excluding hydrogens is 404 g/mol. The number of ether oxygens (including phenoxy) is 1. The molecule has 2 rings (SSSR count). The lowest BCUT2D eigenvalue weighted by Gasteiger charge is -2.18. The zero-order valence-electron chi connectivity index (χ0n) is 14.2. The number of rotatable bonds is 8. The fraction of sp³-hybridized carbons (Fsp3) is 0.278. The largest absolute Gasteiger partial charge is 0.459 e. The molecule has 0 spiro atoms. The Hall–Kier alpha value is -2.61. The van der Waals surface area contributed by atoms with Crippen LogP contribution in [0.3, 0.4) is 0 Å². The molecule has 7 nitrogen and oxygen atoms in total. The van der Waals surface area contributed by atoms with Crippen LogP contribution in [-0.2, 0) is 20.9 Å². The van der Waals surface area contributed by atoms with E-state index in [0.717, 1.165) is 10.0 Å². The fourth-order valence-corrected chi connectivity index (χ4v) is 2.48. The molecule has 8 heteroatoms. The summed E-state index contributed by atoms with van der Waals surface area (Å²) in [6, 6.07) is 10.7. The quantitative estimate of drug-likeness (QED) is 0.659. The van der Waals surface area contributed by atoms with E-state index in [9.17, 15) is 14.4 Å². The number of carbonyl (C=O) groups excluding carboxylic acids is 3. The van der Waals surface area contributed by atoms with Gasteiger partial charge < -0.3 is 19.4 Å². The summed E-state index contributed by atoms with van der Waals surface area (Å²) in [6.07, 6.45) is 1.35. The van der Waals surface area contributed by atoms with Crippen LogP contribution in [0.2, 0.25) is 0 Å². The number of nitrogens with zero attached hydrogens (tertiary/aromatic N) is 1. The molecule has 1 aromatic heterocycles. The molecule has 1 N–H and O–H groups in total. The average Bonchev–Trinajstić information content (AvgIpc) is 3.16. The minimum Gasteiger partial charge on any atom is -0.459 e. The first kappa shape index (κ1) is 19.7. The first-order valence-electron chi connectivity index (χ1n) is 7.92. The van der Waals surface area contributed by atoms with Gasteiger partial charge in [-0.15, -0.1) is 0 Å². The highest BCUT2D eigenvalue weighted by Crippen LogP contribution is 2.17. The van der Waals surface area contributed by atoms with Crippen molar-refractivity contribution in [3.63, 3.8) is 0 Å². The van der Waals surface area contributed by atoms with Crippen LogP contribution in [0.4, 0.5) is 0 Å². The molecule has 0 aliphatic carbocycles. The molecule has 2 amide bonds. The molecule has 0 radical (unpaired) electrons. The summed E-state index contributed by atoms with van der Waals surface area (Å²) in [5, 5.41) is 2.53. The van der Waals surface area contributed by atoms with Crippen LogP contribution in [0.15, 0.2) is 51.6 Å². The average molecular weight is 423 g/mol. The maximum atomic E-state index is 12.1. The van der Waals surface area contributed by atoms with Crippen molar-refractivity contribution in [1.82, 2.24) is 10.2 Å². The molecule has 0 unspecified atom stereocenters. The molecule has 2 aromatic rings. The van der Waals surface area contributed by atoms with Gasteiger partial charge in [-0.2, -0.15) is 0 Å². The van der Waals surface area contributed by atoms with E-state index in [1.54, 1.807) is 13.1 Å². The molecule has 0 bridgehead atoms. The molecule has 26 heavy (non-hydrogen) atoms. The van der Waals surface area contributed by atoms with Gasteiger partial charge in [0.1, 0.15) is 0 Å². The summed E-state index contributed by atoms with van der Waals surface area (Å²) < 4.78 is 10.8. The van der Waals surface area contributed by atoms with Crippen molar-refractivity contribution >= 4 is 33.7 Å². The Morgan fingerprint density at radius 3 is 2.65 bits per heavy atom. The van der Waals surface area contributed by atoms with Crippen LogP contribution in [0.1, 0.15) is 22.5 Å². The van der Waals surface area contributed by atoms with Gasteiger partial charge in [-0.3, -0.25) is 14.4 Å². The summed E-state index contributed by atoms with van der Waals surface area (Å²) in [5.41, 5.74) is 0.954. The second-order valence-corrected chi connectivity index (χ2v) is 6.34. The van der Waals surface area contributed by atoms with E-state index < -0.39 is 11.9 Å². The molecule has 0 fully saturated rings. The number of furan rings is 1. The van der Waals surface area contributed by atoms with Crippen LogP contribution >= 0.6 is 15.9 Å². The van der Waals surface area contributed by atoms with E-state index in [-0.39, 0.29) is 31.2 Å². The normalized spacial score (nSPS) is 10.2. The lowest BCUT2D eigenvalue weighted by molar-refractivity contribution is -0.151. The van der Waals surface area contributed by atoms with Gasteiger partial charge in [0.15, 0.2) is 12.4 Å². The molecule has 1 heterocycles. The molecule has 0 aliphatic heterocycles. The third-order valence-electron chi connectivity index (χ3n) is 3.51. The Bertz CT molecular complexity index is 761. The summed E-state index contributed by atoms with van der Waals surface area (Å²) >= 11 is 3.43. The van der Waals surface area contributed by atoms with Gasteiger partial charge in [0, 0.05) is 24.6 Å². The Morgan fingerprint density at radius 1 is 1.19 bits per heavy atom. The smallest absolute Gasteiger partial charge is 0.308 e. The third kappa shape index (κ3) is 6.03. The van der Waals surface area contributed by atoms with Crippen LogP contribution in [0.25, 0.3) is 0 Å². The van der Waals surface area contributed by atoms with Crippen LogP contribution in [0, 0.1) is 0 Å². The Labute approximate surface area is 159 Å². The van der Waals surface area contributed by atoms with Crippen LogP contribution in [-0.4, -0.2) is 42.9 Å². The first-order valence-corrected chi connectivity index (χ1v) is 8.71. The minimum absolute atomic E-state index is 0.0341. The van der Waals surface area contributed by atoms with Crippen molar-refractivity contribution < 1.29 is 23.5 Å². The van der Waals surface area contributed by atoms with E-state index in [2.05, 4.69) is 21.2 Å². The zero-order valence-corrected chi connectivity index (χ0v) is 15.8. The summed E-state index contributed by atoms with van der Waals surface area (Å²) in [5.74, 6) is -1.12. The summed E-state index contributed by atoms with van der Waals surface area (Å²) in [4.78, 5) is 36.8. The number of hydrogen-bond acceptors (Lipinski definition) is 5. The van der Waals surface area contributed by atoms with Crippen molar-refractivity contribution in [2.45, 2.75) is 13.0 Å². The maximum Gasteiger partial charge on any atom is 0.308 e. The van der Waals surface area contributed by atoms with Crippen LogP contribution < -0.4 is 5.32 Å². The molecule has 138 valence electrons. The van der Waals surface area contributed by atoms with Gasteiger partial charge in [0.05, 0.1) is 12.7 Å². The SMILES string of the molecule is CN(Cc1ccccc1Br)C(=O)COC(=O)CCNC(=O)c1ccco1. The number of nitrogens with one attached hydrogen (secondary N) is 1.